The summed E-state index contributed by atoms with van der Waals surface area (Å²) < 4.78 is 1.60. The largest absolute Gasteiger partial charge is 0.383 e. The van der Waals surface area contributed by atoms with Crippen LogP contribution in [0.5, 0.6) is 0 Å². The maximum atomic E-state index is 5.82. The molecule has 7 nitrogen and oxygen atoms in total. The summed E-state index contributed by atoms with van der Waals surface area (Å²) in [6, 6.07) is 11.9. The molecule has 0 aliphatic carbocycles. The SMILES string of the molecule is Cc1ccc(-c2ccc(-n3ncc4c(N)ncnc43)nn2)cc1. The van der Waals surface area contributed by atoms with Crippen molar-refractivity contribution >= 4 is 16.9 Å². The molecule has 4 aromatic rings. The van der Waals surface area contributed by atoms with E-state index < -0.39 is 0 Å². The predicted octanol–water partition coefficient (Wildman–Crippen LogP) is 2.16. The molecule has 0 spiro atoms. The van der Waals surface area contributed by atoms with Crippen molar-refractivity contribution < 1.29 is 0 Å². The summed E-state index contributed by atoms with van der Waals surface area (Å²) in [7, 11) is 0. The molecule has 112 valence electrons. The average Bonchev–Trinajstić information content (AvgIpc) is 3.01. The van der Waals surface area contributed by atoms with Crippen LogP contribution < -0.4 is 5.73 Å². The fraction of sp³-hybridized carbons (Fsp3) is 0.0625. The highest BCUT2D eigenvalue weighted by Crippen LogP contribution is 2.20. The number of anilines is 1. The Morgan fingerprint density at radius 3 is 2.52 bits per heavy atom. The van der Waals surface area contributed by atoms with Crippen LogP contribution in [0.2, 0.25) is 0 Å². The summed E-state index contributed by atoms with van der Waals surface area (Å²) in [6.45, 7) is 2.05. The molecule has 0 saturated heterocycles. The highest BCUT2D eigenvalue weighted by molar-refractivity contribution is 5.85. The number of benzene rings is 1. The number of nitrogen functional groups attached to an aromatic ring is 1. The van der Waals surface area contributed by atoms with Crippen LogP contribution in [-0.4, -0.2) is 29.9 Å². The van der Waals surface area contributed by atoms with Gasteiger partial charge in [0.2, 0.25) is 0 Å². The second kappa shape index (κ2) is 5.13. The Kier molecular flexibility index (Phi) is 2.97. The minimum Gasteiger partial charge on any atom is -0.383 e. The van der Waals surface area contributed by atoms with Crippen LogP contribution in [-0.2, 0) is 0 Å². The van der Waals surface area contributed by atoms with E-state index in [1.165, 1.54) is 11.9 Å². The van der Waals surface area contributed by atoms with Gasteiger partial charge in [-0.1, -0.05) is 29.8 Å². The molecular formula is C16H13N7. The molecule has 0 aliphatic heterocycles. The number of nitrogens with two attached hydrogens (primary N) is 1. The van der Waals surface area contributed by atoms with E-state index in [1.54, 1.807) is 10.9 Å². The lowest BCUT2D eigenvalue weighted by Crippen LogP contribution is -2.03. The van der Waals surface area contributed by atoms with Crippen LogP contribution >= 0.6 is 0 Å². The second-order valence-electron chi connectivity index (χ2n) is 5.20. The van der Waals surface area contributed by atoms with Crippen LogP contribution in [0.4, 0.5) is 5.82 Å². The van der Waals surface area contributed by atoms with Crippen molar-refractivity contribution in [2.75, 3.05) is 5.73 Å². The van der Waals surface area contributed by atoms with Gasteiger partial charge >= 0.3 is 0 Å². The molecule has 0 atom stereocenters. The van der Waals surface area contributed by atoms with Gasteiger partial charge in [-0.3, -0.25) is 0 Å². The minimum atomic E-state index is 0.394. The Balaban J connectivity index is 1.75. The number of fused-ring (bicyclic) bond motifs is 1. The van der Waals surface area contributed by atoms with Crippen molar-refractivity contribution in [3.8, 4) is 17.1 Å². The zero-order valence-electron chi connectivity index (χ0n) is 12.4. The van der Waals surface area contributed by atoms with Crippen LogP contribution in [0.3, 0.4) is 0 Å². The third-order valence-electron chi connectivity index (χ3n) is 3.61. The highest BCUT2D eigenvalue weighted by Gasteiger charge is 2.11. The first-order valence-corrected chi connectivity index (χ1v) is 7.08. The fourth-order valence-electron chi connectivity index (χ4n) is 2.35. The van der Waals surface area contributed by atoms with E-state index in [4.69, 9.17) is 5.73 Å². The van der Waals surface area contributed by atoms with E-state index in [0.29, 0.717) is 22.7 Å². The number of hydrogen-bond donors (Lipinski definition) is 1. The number of rotatable bonds is 2. The molecule has 3 aromatic heterocycles. The van der Waals surface area contributed by atoms with Gasteiger partial charge in [0.15, 0.2) is 11.5 Å². The lowest BCUT2D eigenvalue weighted by atomic mass is 10.1. The van der Waals surface area contributed by atoms with Gasteiger partial charge in [-0.05, 0) is 19.1 Å². The van der Waals surface area contributed by atoms with E-state index in [1.807, 2.05) is 36.4 Å². The summed E-state index contributed by atoms with van der Waals surface area (Å²) in [6.07, 6.45) is 3.03. The smallest absolute Gasteiger partial charge is 0.178 e. The molecule has 2 N–H and O–H groups in total. The minimum absolute atomic E-state index is 0.394. The molecule has 7 heteroatoms. The second-order valence-corrected chi connectivity index (χ2v) is 5.20. The van der Waals surface area contributed by atoms with E-state index in [9.17, 15) is 0 Å². The Labute approximate surface area is 131 Å². The zero-order chi connectivity index (χ0) is 15.8. The standard InChI is InChI=1S/C16H13N7/c1-10-2-4-11(5-3-10)13-6-7-14(22-21-13)23-16-12(8-20-23)15(17)18-9-19-16/h2-9H,1H3,(H2,17,18,19). The molecule has 23 heavy (non-hydrogen) atoms. The monoisotopic (exact) mass is 303 g/mol. The molecule has 0 saturated carbocycles. The normalized spacial score (nSPS) is 11.0. The van der Waals surface area contributed by atoms with E-state index >= 15 is 0 Å². The van der Waals surface area contributed by atoms with Gasteiger partial charge < -0.3 is 5.73 Å². The molecule has 4 rings (SSSR count). The van der Waals surface area contributed by atoms with Crippen molar-refractivity contribution in [1.29, 1.82) is 0 Å². The fourth-order valence-corrected chi connectivity index (χ4v) is 2.35. The highest BCUT2D eigenvalue weighted by atomic mass is 15.4. The van der Waals surface area contributed by atoms with Gasteiger partial charge in [0.25, 0.3) is 0 Å². The van der Waals surface area contributed by atoms with Gasteiger partial charge in [0, 0.05) is 5.56 Å². The molecule has 0 fully saturated rings. The van der Waals surface area contributed by atoms with Gasteiger partial charge in [-0.15, -0.1) is 10.2 Å². The number of hydrogen-bond acceptors (Lipinski definition) is 6. The summed E-state index contributed by atoms with van der Waals surface area (Å²) in [4.78, 5) is 8.16. The summed E-state index contributed by atoms with van der Waals surface area (Å²) in [5.41, 5.74) is 9.46. The van der Waals surface area contributed by atoms with Gasteiger partial charge in [-0.2, -0.15) is 9.78 Å². The Morgan fingerprint density at radius 2 is 1.78 bits per heavy atom. The third-order valence-corrected chi connectivity index (χ3v) is 3.61. The molecule has 0 bridgehead atoms. The lowest BCUT2D eigenvalue weighted by Gasteiger charge is -2.04. The Hall–Kier alpha value is -3.35. The van der Waals surface area contributed by atoms with Gasteiger partial charge in [0.05, 0.1) is 17.3 Å². The van der Waals surface area contributed by atoms with Crippen molar-refractivity contribution in [1.82, 2.24) is 29.9 Å². The van der Waals surface area contributed by atoms with E-state index in [-0.39, 0.29) is 0 Å². The quantitative estimate of drug-likeness (QED) is 0.609. The summed E-state index contributed by atoms with van der Waals surface area (Å²) >= 11 is 0. The number of nitrogens with zero attached hydrogens (tertiary/aromatic N) is 6. The first-order chi connectivity index (χ1) is 11.2. The third kappa shape index (κ3) is 2.28. The first kappa shape index (κ1) is 13.3. The molecule has 0 radical (unpaired) electrons. The number of aromatic nitrogens is 6. The summed E-state index contributed by atoms with van der Waals surface area (Å²) in [5.74, 6) is 0.972. The Bertz CT molecular complexity index is 972. The summed E-state index contributed by atoms with van der Waals surface area (Å²) in [5, 5.41) is 13.5. The lowest BCUT2D eigenvalue weighted by molar-refractivity contribution is 0.829. The molecule has 3 heterocycles. The van der Waals surface area contributed by atoms with E-state index in [2.05, 4.69) is 32.2 Å². The van der Waals surface area contributed by atoms with E-state index in [0.717, 1.165) is 11.3 Å². The molecular weight excluding hydrogens is 290 g/mol. The van der Waals surface area contributed by atoms with Crippen LogP contribution in [0.1, 0.15) is 5.56 Å². The molecule has 0 unspecified atom stereocenters. The van der Waals surface area contributed by atoms with Crippen LogP contribution in [0.25, 0.3) is 28.1 Å². The van der Waals surface area contributed by atoms with Crippen LogP contribution in [0.15, 0.2) is 48.9 Å². The molecule has 0 aliphatic rings. The molecule has 1 aromatic carbocycles. The van der Waals surface area contributed by atoms with Crippen molar-refractivity contribution in [3.63, 3.8) is 0 Å². The predicted molar refractivity (Wildman–Crippen MR) is 86.8 cm³/mol. The van der Waals surface area contributed by atoms with Gasteiger partial charge in [0.1, 0.15) is 12.1 Å². The topological polar surface area (TPSA) is 95.4 Å². The van der Waals surface area contributed by atoms with Crippen molar-refractivity contribution in [2.45, 2.75) is 6.92 Å². The van der Waals surface area contributed by atoms with Crippen molar-refractivity contribution in [3.05, 3.63) is 54.5 Å². The maximum absolute atomic E-state index is 5.82. The average molecular weight is 303 g/mol. The van der Waals surface area contributed by atoms with Crippen molar-refractivity contribution in [2.24, 2.45) is 0 Å². The zero-order valence-corrected chi connectivity index (χ0v) is 12.4. The van der Waals surface area contributed by atoms with Gasteiger partial charge in [-0.25, -0.2) is 9.97 Å². The maximum Gasteiger partial charge on any atom is 0.178 e. The Morgan fingerprint density at radius 1 is 0.957 bits per heavy atom. The number of aryl methyl sites for hydroxylation is 1. The molecule has 0 amide bonds. The first-order valence-electron chi connectivity index (χ1n) is 7.08. The van der Waals surface area contributed by atoms with Crippen LogP contribution in [0, 0.1) is 6.92 Å².